The van der Waals surface area contributed by atoms with Crippen molar-refractivity contribution in [3.63, 3.8) is 0 Å². The van der Waals surface area contributed by atoms with Crippen molar-refractivity contribution in [2.75, 3.05) is 19.5 Å². The molecule has 1 amide bonds. The van der Waals surface area contributed by atoms with Crippen molar-refractivity contribution in [1.82, 2.24) is 0 Å². The molecule has 1 atom stereocenters. The molecule has 104 valence electrons. The van der Waals surface area contributed by atoms with E-state index >= 15 is 0 Å². The van der Waals surface area contributed by atoms with Crippen LogP contribution in [0.3, 0.4) is 0 Å². The van der Waals surface area contributed by atoms with Gasteiger partial charge < -0.3 is 25.7 Å². The number of carbonyl (C=O) groups excluding carboxylic acids is 1. The number of nitrogens with two attached hydrogens (primary N) is 1. The molecule has 0 aliphatic rings. The first-order chi connectivity index (χ1) is 9.03. The third-order valence-electron chi connectivity index (χ3n) is 2.62. The van der Waals surface area contributed by atoms with Crippen LogP contribution in [0.25, 0.3) is 0 Å². The number of hydrogen-bond donors (Lipinski definition) is 3. The van der Waals surface area contributed by atoms with Crippen LogP contribution in [0, 0.1) is 5.92 Å². The van der Waals surface area contributed by atoms with E-state index in [-0.39, 0.29) is 5.84 Å². The lowest BCUT2D eigenvalue weighted by Crippen LogP contribution is -2.32. The minimum absolute atomic E-state index is 0.162. The number of ether oxygens (including phenoxy) is 2. The minimum atomic E-state index is -0.753. The summed E-state index contributed by atoms with van der Waals surface area (Å²) >= 11 is 0. The number of methoxy groups -OCH3 is 2. The average Bonchev–Trinajstić information content (AvgIpc) is 2.45. The zero-order valence-electron chi connectivity index (χ0n) is 11.0. The fourth-order valence-electron chi connectivity index (χ4n) is 1.36. The predicted octanol–water partition coefficient (Wildman–Crippen LogP) is 1.02. The Morgan fingerprint density at radius 3 is 2.63 bits per heavy atom. The summed E-state index contributed by atoms with van der Waals surface area (Å²) < 4.78 is 10.2. The van der Waals surface area contributed by atoms with Gasteiger partial charge in [0.25, 0.3) is 0 Å². The minimum Gasteiger partial charge on any atom is -0.497 e. The van der Waals surface area contributed by atoms with Crippen molar-refractivity contribution in [2.45, 2.75) is 6.92 Å². The van der Waals surface area contributed by atoms with Gasteiger partial charge in [0.05, 0.1) is 25.8 Å². The molecule has 19 heavy (non-hydrogen) atoms. The summed E-state index contributed by atoms with van der Waals surface area (Å²) in [5.74, 6) is -0.251. The van der Waals surface area contributed by atoms with E-state index in [9.17, 15) is 4.79 Å². The molecule has 0 aliphatic heterocycles. The second-order valence-electron chi connectivity index (χ2n) is 3.80. The zero-order valence-corrected chi connectivity index (χ0v) is 11.0. The maximum atomic E-state index is 11.9. The number of amidine groups is 1. The SMILES string of the molecule is COc1ccc(NC(=O)C(C)C(N)=NO)c(OC)c1. The molecule has 1 rings (SSSR count). The monoisotopic (exact) mass is 267 g/mol. The molecule has 0 spiro atoms. The number of nitrogens with zero attached hydrogens (tertiary/aromatic N) is 1. The molecule has 4 N–H and O–H groups in total. The predicted molar refractivity (Wildman–Crippen MR) is 70.7 cm³/mol. The summed E-state index contributed by atoms with van der Waals surface area (Å²) in [4.78, 5) is 11.9. The highest BCUT2D eigenvalue weighted by molar-refractivity contribution is 6.07. The van der Waals surface area contributed by atoms with Gasteiger partial charge in [-0.05, 0) is 19.1 Å². The van der Waals surface area contributed by atoms with Crippen molar-refractivity contribution >= 4 is 17.4 Å². The molecule has 7 heteroatoms. The van der Waals surface area contributed by atoms with E-state index in [1.165, 1.54) is 21.1 Å². The number of nitrogens with one attached hydrogen (secondary N) is 1. The number of hydrogen-bond acceptors (Lipinski definition) is 5. The summed E-state index contributed by atoms with van der Waals surface area (Å²) in [5, 5.41) is 14.0. The van der Waals surface area contributed by atoms with E-state index < -0.39 is 11.8 Å². The van der Waals surface area contributed by atoms with Crippen molar-refractivity contribution in [3.8, 4) is 11.5 Å². The van der Waals surface area contributed by atoms with E-state index in [1.54, 1.807) is 18.2 Å². The van der Waals surface area contributed by atoms with Crippen LogP contribution in [0.2, 0.25) is 0 Å². The molecule has 0 bridgehead atoms. The first-order valence-electron chi connectivity index (χ1n) is 5.53. The number of amides is 1. The highest BCUT2D eigenvalue weighted by Gasteiger charge is 2.19. The van der Waals surface area contributed by atoms with Gasteiger partial charge in [-0.2, -0.15) is 0 Å². The van der Waals surface area contributed by atoms with Crippen LogP contribution in [0.15, 0.2) is 23.4 Å². The smallest absolute Gasteiger partial charge is 0.235 e. The third kappa shape index (κ3) is 3.51. The van der Waals surface area contributed by atoms with Gasteiger partial charge in [0.2, 0.25) is 5.91 Å². The quantitative estimate of drug-likeness (QED) is 0.320. The molecule has 0 aliphatic carbocycles. The number of benzene rings is 1. The molecule has 1 aromatic carbocycles. The summed E-state index contributed by atoms with van der Waals surface area (Å²) in [6.45, 7) is 1.53. The molecule has 0 aromatic heterocycles. The fourth-order valence-corrected chi connectivity index (χ4v) is 1.36. The van der Waals surface area contributed by atoms with Gasteiger partial charge in [-0.1, -0.05) is 5.16 Å². The Balaban J connectivity index is 2.90. The Kier molecular flexibility index (Phi) is 4.99. The van der Waals surface area contributed by atoms with Crippen LogP contribution in [0.4, 0.5) is 5.69 Å². The Morgan fingerprint density at radius 2 is 2.11 bits per heavy atom. The molecule has 1 unspecified atom stereocenters. The zero-order chi connectivity index (χ0) is 14.4. The van der Waals surface area contributed by atoms with Gasteiger partial charge in [-0.15, -0.1) is 0 Å². The van der Waals surface area contributed by atoms with Gasteiger partial charge in [0.1, 0.15) is 11.5 Å². The standard InChI is InChI=1S/C12H17N3O4/c1-7(11(13)15-17)12(16)14-9-5-4-8(18-2)6-10(9)19-3/h4-7,17H,1-3H3,(H2,13,15)(H,14,16). The van der Waals surface area contributed by atoms with Gasteiger partial charge >= 0.3 is 0 Å². The number of rotatable bonds is 5. The van der Waals surface area contributed by atoms with E-state index in [4.69, 9.17) is 20.4 Å². The summed E-state index contributed by atoms with van der Waals surface area (Å²) in [5.41, 5.74) is 5.85. The Hall–Kier alpha value is -2.44. The van der Waals surface area contributed by atoms with Crippen LogP contribution >= 0.6 is 0 Å². The summed E-state index contributed by atoms with van der Waals surface area (Å²) in [6.07, 6.45) is 0. The summed E-state index contributed by atoms with van der Waals surface area (Å²) in [7, 11) is 3.02. The second-order valence-corrected chi connectivity index (χ2v) is 3.80. The molecule has 1 aromatic rings. The maximum absolute atomic E-state index is 11.9. The van der Waals surface area contributed by atoms with Gasteiger partial charge in [0, 0.05) is 6.07 Å². The molecular formula is C12H17N3O4. The van der Waals surface area contributed by atoms with E-state index in [2.05, 4.69) is 10.5 Å². The van der Waals surface area contributed by atoms with Gasteiger partial charge in [0.15, 0.2) is 5.84 Å². The molecule has 0 saturated carbocycles. The van der Waals surface area contributed by atoms with Crippen LogP contribution in [0.1, 0.15) is 6.92 Å². The number of oxime groups is 1. The van der Waals surface area contributed by atoms with Gasteiger partial charge in [-0.3, -0.25) is 4.79 Å². The molecule has 0 heterocycles. The van der Waals surface area contributed by atoms with Crippen LogP contribution < -0.4 is 20.5 Å². The van der Waals surface area contributed by atoms with Crippen LogP contribution in [-0.2, 0) is 4.79 Å². The highest BCUT2D eigenvalue weighted by Crippen LogP contribution is 2.29. The first-order valence-corrected chi connectivity index (χ1v) is 5.53. The third-order valence-corrected chi connectivity index (χ3v) is 2.62. The van der Waals surface area contributed by atoms with Crippen LogP contribution in [-0.4, -0.2) is 31.2 Å². The molecule has 7 nitrogen and oxygen atoms in total. The Labute approximate surface area is 111 Å². The molecular weight excluding hydrogens is 250 g/mol. The van der Waals surface area contributed by atoms with Crippen molar-refractivity contribution in [2.24, 2.45) is 16.8 Å². The first kappa shape index (κ1) is 14.6. The van der Waals surface area contributed by atoms with Gasteiger partial charge in [-0.25, -0.2) is 0 Å². The maximum Gasteiger partial charge on any atom is 0.235 e. The lowest BCUT2D eigenvalue weighted by Gasteiger charge is -2.14. The average molecular weight is 267 g/mol. The molecule has 0 saturated heterocycles. The highest BCUT2D eigenvalue weighted by atomic mass is 16.5. The number of anilines is 1. The van der Waals surface area contributed by atoms with Crippen molar-refractivity contribution in [3.05, 3.63) is 18.2 Å². The van der Waals surface area contributed by atoms with Crippen molar-refractivity contribution < 1.29 is 19.5 Å². The lowest BCUT2D eigenvalue weighted by atomic mass is 10.1. The Bertz CT molecular complexity index is 488. The normalized spacial score (nSPS) is 12.7. The van der Waals surface area contributed by atoms with Crippen molar-refractivity contribution in [1.29, 1.82) is 0 Å². The van der Waals surface area contributed by atoms with E-state index in [0.29, 0.717) is 17.2 Å². The number of carbonyl (C=O) groups is 1. The Morgan fingerprint density at radius 1 is 1.42 bits per heavy atom. The fraction of sp³-hybridized carbons (Fsp3) is 0.333. The lowest BCUT2D eigenvalue weighted by molar-refractivity contribution is -0.117. The van der Waals surface area contributed by atoms with E-state index in [1.807, 2.05) is 0 Å². The van der Waals surface area contributed by atoms with E-state index in [0.717, 1.165) is 0 Å². The van der Waals surface area contributed by atoms with Crippen LogP contribution in [0.5, 0.6) is 11.5 Å². The molecule has 0 fully saturated rings. The largest absolute Gasteiger partial charge is 0.497 e. The summed E-state index contributed by atoms with van der Waals surface area (Å²) in [6, 6.07) is 4.98. The second kappa shape index (κ2) is 6.48. The molecule has 0 radical (unpaired) electrons. The topological polar surface area (TPSA) is 106 Å².